The van der Waals surface area contributed by atoms with Crippen LogP contribution in [0, 0.1) is 0 Å². The molecule has 0 aliphatic carbocycles. The molecule has 0 spiro atoms. The van der Waals surface area contributed by atoms with Crippen molar-refractivity contribution in [2.24, 2.45) is 0 Å². The van der Waals surface area contributed by atoms with Crippen molar-refractivity contribution >= 4 is 11.7 Å². The van der Waals surface area contributed by atoms with E-state index < -0.39 is 12.0 Å². The quantitative estimate of drug-likeness (QED) is 0.620. The number of rotatable bonds is 4. The van der Waals surface area contributed by atoms with Crippen molar-refractivity contribution < 1.29 is 9.90 Å². The lowest BCUT2D eigenvalue weighted by molar-refractivity contribution is -0.139. The first-order chi connectivity index (χ1) is 6.59. The van der Waals surface area contributed by atoms with Gasteiger partial charge in [0.15, 0.2) is 0 Å². The molecule has 0 fully saturated rings. The van der Waals surface area contributed by atoms with E-state index in [2.05, 4.69) is 5.32 Å². The van der Waals surface area contributed by atoms with Crippen LogP contribution in [0.4, 0.5) is 5.69 Å². The molecule has 0 aliphatic heterocycles. The lowest BCUT2D eigenvalue weighted by Crippen LogP contribution is -2.33. The number of hydrogen-bond donors (Lipinski definition) is 3. The Morgan fingerprint density at radius 1 is 1.50 bits per heavy atom. The van der Waals surface area contributed by atoms with Gasteiger partial charge in [-0.15, -0.1) is 0 Å². The third-order valence-corrected chi connectivity index (χ3v) is 1.96. The van der Waals surface area contributed by atoms with E-state index in [0.717, 1.165) is 5.56 Å². The summed E-state index contributed by atoms with van der Waals surface area (Å²) in [5, 5.41) is 11.5. The molecule has 0 radical (unpaired) electrons. The molecule has 1 atom stereocenters. The fraction of sp³-hybridized carbons (Fsp3) is 0.300. The van der Waals surface area contributed by atoms with Gasteiger partial charge in [0.2, 0.25) is 0 Å². The number of benzene rings is 1. The molecule has 4 heteroatoms. The number of hydrogen-bond acceptors (Lipinski definition) is 3. The molecule has 1 aromatic rings. The topological polar surface area (TPSA) is 75.3 Å². The van der Waals surface area contributed by atoms with Crippen molar-refractivity contribution in [1.82, 2.24) is 5.32 Å². The summed E-state index contributed by atoms with van der Waals surface area (Å²) in [7, 11) is 0. The summed E-state index contributed by atoms with van der Waals surface area (Å²) < 4.78 is 0. The number of nitrogens with two attached hydrogens (primary N) is 1. The maximum atomic E-state index is 10.5. The van der Waals surface area contributed by atoms with Crippen LogP contribution in [0.2, 0.25) is 0 Å². The van der Waals surface area contributed by atoms with Gasteiger partial charge in [-0.25, -0.2) is 0 Å². The summed E-state index contributed by atoms with van der Waals surface area (Å²) in [6, 6.07) is 6.80. The molecule has 4 nitrogen and oxygen atoms in total. The number of carbonyl (C=O) groups is 1. The van der Waals surface area contributed by atoms with Crippen LogP contribution in [0.5, 0.6) is 0 Å². The fourth-order valence-corrected chi connectivity index (χ4v) is 0.994. The van der Waals surface area contributed by atoms with E-state index >= 15 is 0 Å². The zero-order valence-electron chi connectivity index (χ0n) is 8.03. The van der Waals surface area contributed by atoms with Gasteiger partial charge in [0, 0.05) is 12.2 Å². The minimum atomic E-state index is -0.847. The molecule has 4 N–H and O–H groups in total. The van der Waals surface area contributed by atoms with E-state index in [9.17, 15) is 4.79 Å². The smallest absolute Gasteiger partial charge is 0.320 e. The first-order valence-corrected chi connectivity index (χ1v) is 4.40. The highest BCUT2D eigenvalue weighted by molar-refractivity contribution is 5.72. The van der Waals surface area contributed by atoms with Crippen LogP contribution in [-0.2, 0) is 11.3 Å². The minimum Gasteiger partial charge on any atom is -0.480 e. The maximum Gasteiger partial charge on any atom is 0.320 e. The molecule has 76 valence electrons. The van der Waals surface area contributed by atoms with E-state index in [-0.39, 0.29) is 0 Å². The number of carboxylic acid groups (broad SMARTS) is 1. The number of aliphatic carboxylic acids is 1. The Bertz CT molecular complexity index is 308. The molecule has 1 rings (SSSR count). The van der Waals surface area contributed by atoms with Crippen molar-refractivity contribution in [3.63, 3.8) is 0 Å². The highest BCUT2D eigenvalue weighted by Crippen LogP contribution is 2.05. The van der Waals surface area contributed by atoms with Gasteiger partial charge in [-0.3, -0.25) is 4.79 Å². The zero-order valence-corrected chi connectivity index (χ0v) is 8.03. The Kier molecular flexibility index (Phi) is 3.48. The molecule has 0 heterocycles. The Morgan fingerprint density at radius 2 is 2.07 bits per heavy atom. The van der Waals surface area contributed by atoms with Crippen LogP contribution in [0.3, 0.4) is 0 Å². The van der Waals surface area contributed by atoms with Crippen molar-refractivity contribution in [2.45, 2.75) is 19.5 Å². The molecule has 0 aliphatic rings. The van der Waals surface area contributed by atoms with E-state index in [1.54, 1.807) is 19.1 Å². The fourth-order valence-electron chi connectivity index (χ4n) is 0.994. The molecule has 0 saturated carbocycles. The van der Waals surface area contributed by atoms with E-state index in [1.807, 2.05) is 12.1 Å². The van der Waals surface area contributed by atoms with Crippen molar-refractivity contribution in [3.8, 4) is 0 Å². The summed E-state index contributed by atoms with van der Waals surface area (Å²) in [6.45, 7) is 2.15. The van der Waals surface area contributed by atoms with Crippen LogP contribution >= 0.6 is 0 Å². The van der Waals surface area contributed by atoms with Gasteiger partial charge in [-0.1, -0.05) is 12.1 Å². The van der Waals surface area contributed by atoms with Gasteiger partial charge >= 0.3 is 5.97 Å². The average Bonchev–Trinajstić information content (AvgIpc) is 2.16. The lowest BCUT2D eigenvalue weighted by Gasteiger charge is -2.08. The van der Waals surface area contributed by atoms with Gasteiger partial charge in [-0.05, 0) is 24.6 Å². The lowest BCUT2D eigenvalue weighted by atomic mass is 10.2. The summed E-state index contributed by atoms with van der Waals surface area (Å²) in [5.41, 5.74) is 7.25. The third kappa shape index (κ3) is 3.06. The predicted molar refractivity (Wildman–Crippen MR) is 54.8 cm³/mol. The molecule has 0 unspecified atom stereocenters. The Hall–Kier alpha value is -1.55. The van der Waals surface area contributed by atoms with Crippen molar-refractivity contribution in [3.05, 3.63) is 29.8 Å². The molecule has 0 saturated heterocycles. The summed E-state index contributed by atoms with van der Waals surface area (Å²) >= 11 is 0. The Labute approximate surface area is 82.7 Å². The van der Waals surface area contributed by atoms with Crippen molar-refractivity contribution in [1.29, 1.82) is 0 Å². The van der Waals surface area contributed by atoms with E-state index in [4.69, 9.17) is 10.8 Å². The Balaban J connectivity index is 2.46. The van der Waals surface area contributed by atoms with Gasteiger partial charge in [0.05, 0.1) is 0 Å². The average molecular weight is 194 g/mol. The van der Waals surface area contributed by atoms with Crippen LogP contribution in [0.15, 0.2) is 24.3 Å². The van der Waals surface area contributed by atoms with Crippen LogP contribution in [-0.4, -0.2) is 17.1 Å². The summed E-state index contributed by atoms with van der Waals surface area (Å²) in [5.74, 6) is -0.847. The van der Waals surface area contributed by atoms with Crippen LogP contribution in [0.1, 0.15) is 12.5 Å². The number of nitrogens with one attached hydrogen (secondary N) is 1. The Morgan fingerprint density at radius 3 is 2.57 bits per heavy atom. The van der Waals surface area contributed by atoms with Gasteiger partial charge in [0.1, 0.15) is 6.04 Å². The standard InChI is InChI=1S/C10H14N2O2/c1-7(10(13)14)12-6-8-2-4-9(11)5-3-8/h2-5,7,12H,6,11H2,1H3,(H,13,14)/t7-/m0/s1. The largest absolute Gasteiger partial charge is 0.480 e. The third-order valence-electron chi connectivity index (χ3n) is 1.96. The molecule has 0 amide bonds. The number of carboxylic acids is 1. The highest BCUT2D eigenvalue weighted by atomic mass is 16.4. The van der Waals surface area contributed by atoms with Gasteiger partial charge in [0.25, 0.3) is 0 Å². The van der Waals surface area contributed by atoms with Gasteiger partial charge in [-0.2, -0.15) is 0 Å². The molecular formula is C10H14N2O2. The van der Waals surface area contributed by atoms with Crippen LogP contribution in [0.25, 0.3) is 0 Å². The SMILES string of the molecule is C[C@H](NCc1ccc(N)cc1)C(=O)O. The number of nitrogen functional groups attached to an aromatic ring is 1. The van der Waals surface area contributed by atoms with E-state index in [0.29, 0.717) is 12.2 Å². The first kappa shape index (κ1) is 10.5. The molecule has 0 aromatic heterocycles. The molecule has 0 bridgehead atoms. The maximum absolute atomic E-state index is 10.5. The molecule has 14 heavy (non-hydrogen) atoms. The second kappa shape index (κ2) is 4.62. The normalized spacial score (nSPS) is 12.4. The van der Waals surface area contributed by atoms with Gasteiger partial charge < -0.3 is 16.2 Å². The molecule has 1 aromatic carbocycles. The van der Waals surface area contributed by atoms with Crippen molar-refractivity contribution in [2.75, 3.05) is 5.73 Å². The highest BCUT2D eigenvalue weighted by Gasteiger charge is 2.08. The van der Waals surface area contributed by atoms with Crippen LogP contribution < -0.4 is 11.1 Å². The minimum absolute atomic E-state index is 0.535. The molecular weight excluding hydrogens is 180 g/mol. The second-order valence-corrected chi connectivity index (χ2v) is 3.18. The second-order valence-electron chi connectivity index (χ2n) is 3.18. The predicted octanol–water partition coefficient (Wildman–Crippen LogP) is 0.832. The number of anilines is 1. The zero-order chi connectivity index (χ0) is 10.6. The van der Waals surface area contributed by atoms with E-state index in [1.165, 1.54) is 0 Å². The summed E-state index contributed by atoms with van der Waals surface area (Å²) in [6.07, 6.45) is 0. The first-order valence-electron chi connectivity index (χ1n) is 4.40. The summed E-state index contributed by atoms with van der Waals surface area (Å²) in [4.78, 5) is 10.5. The monoisotopic (exact) mass is 194 g/mol.